The summed E-state index contributed by atoms with van der Waals surface area (Å²) in [5, 5.41) is 0. The van der Waals surface area contributed by atoms with Crippen molar-refractivity contribution in [2.24, 2.45) is 5.73 Å². The molecule has 0 aliphatic carbocycles. The van der Waals surface area contributed by atoms with E-state index < -0.39 is 6.17 Å². The van der Waals surface area contributed by atoms with E-state index in [0.717, 1.165) is 8.95 Å². The molecule has 1 rings (SSSR count). The lowest BCUT2D eigenvalue weighted by atomic mass is 10.1. The molecule has 0 saturated heterocycles. The minimum atomic E-state index is -1.07. The van der Waals surface area contributed by atoms with Crippen LogP contribution in [-0.2, 0) is 0 Å². The van der Waals surface area contributed by atoms with Gasteiger partial charge in [-0.3, -0.25) is 0 Å². The summed E-state index contributed by atoms with van der Waals surface area (Å²) < 4.78 is 14.8. The molecule has 1 atom stereocenters. The van der Waals surface area contributed by atoms with E-state index in [4.69, 9.17) is 5.73 Å². The van der Waals surface area contributed by atoms with Gasteiger partial charge in [-0.05, 0) is 49.6 Å². The standard InChI is InChI=1S/C8H8Br2FN.ClH/c9-6-2-1-5(3-7(6)10)8(11)4-12;/h1-3,8H,4,12H2;1H. The summed E-state index contributed by atoms with van der Waals surface area (Å²) in [6, 6.07) is 5.23. The third-order valence-corrected chi connectivity index (χ3v) is 3.39. The van der Waals surface area contributed by atoms with E-state index in [1.807, 2.05) is 0 Å². The van der Waals surface area contributed by atoms with Gasteiger partial charge < -0.3 is 5.73 Å². The monoisotopic (exact) mass is 331 g/mol. The first-order chi connectivity index (χ1) is 5.65. The Bertz CT molecular complexity index is 283. The van der Waals surface area contributed by atoms with Crippen LogP contribution in [0.15, 0.2) is 27.1 Å². The number of halogens is 4. The minimum absolute atomic E-state index is 0. The number of benzene rings is 1. The largest absolute Gasteiger partial charge is 0.327 e. The number of nitrogens with two attached hydrogens (primary N) is 1. The molecule has 2 N–H and O–H groups in total. The molecule has 13 heavy (non-hydrogen) atoms. The first-order valence-electron chi connectivity index (χ1n) is 3.44. The predicted molar refractivity (Wildman–Crippen MR) is 62.0 cm³/mol. The van der Waals surface area contributed by atoms with Crippen LogP contribution in [0.2, 0.25) is 0 Å². The van der Waals surface area contributed by atoms with Crippen LogP contribution in [0.4, 0.5) is 4.39 Å². The number of alkyl halides is 1. The van der Waals surface area contributed by atoms with E-state index in [1.165, 1.54) is 0 Å². The van der Waals surface area contributed by atoms with Crippen molar-refractivity contribution >= 4 is 44.3 Å². The summed E-state index contributed by atoms with van der Waals surface area (Å²) in [6.45, 7) is 0.0219. The smallest absolute Gasteiger partial charge is 0.137 e. The average molecular weight is 333 g/mol. The van der Waals surface area contributed by atoms with Gasteiger partial charge >= 0.3 is 0 Å². The van der Waals surface area contributed by atoms with Gasteiger partial charge in [-0.15, -0.1) is 12.4 Å². The van der Waals surface area contributed by atoms with Crippen molar-refractivity contribution in [3.8, 4) is 0 Å². The zero-order valence-electron chi connectivity index (χ0n) is 6.64. The molecule has 0 aliphatic rings. The molecule has 0 amide bonds. The Morgan fingerprint density at radius 1 is 1.31 bits per heavy atom. The Labute approximate surface area is 99.6 Å². The lowest BCUT2D eigenvalue weighted by molar-refractivity contribution is 0.353. The molecular formula is C8H9Br2ClFN. The quantitative estimate of drug-likeness (QED) is 0.879. The van der Waals surface area contributed by atoms with Gasteiger partial charge in [0.15, 0.2) is 0 Å². The molecule has 0 spiro atoms. The topological polar surface area (TPSA) is 26.0 Å². The molecule has 0 fully saturated rings. The molecule has 0 aromatic heterocycles. The fraction of sp³-hybridized carbons (Fsp3) is 0.250. The Hall–Kier alpha value is 0.360. The van der Waals surface area contributed by atoms with E-state index in [-0.39, 0.29) is 19.0 Å². The predicted octanol–water partition coefficient (Wildman–Crippen LogP) is 3.60. The van der Waals surface area contributed by atoms with Gasteiger partial charge in [-0.2, -0.15) is 0 Å². The van der Waals surface area contributed by atoms with Crippen molar-refractivity contribution in [1.82, 2.24) is 0 Å². The van der Waals surface area contributed by atoms with Crippen molar-refractivity contribution in [1.29, 1.82) is 0 Å². The Morgan fingerprint density at radius 2 is 1.92 bits per heavy atom. The highest BCUT2D eigenvalue weighted by Crippen LogP contribution is 2.27. The van der Waals surface area contributed by atoms with E-state index in [1.54, 1.807) is 18.2 Å². The second-order valence-corrected chi connectivity index (χ2v) is 4.09. The first kappa shape index (κ1) is 13.4. The third-order valence-electron chi connectivity index (χ3n) is 1.51. The van der Waals surface area contributed by atoms with Gasteiger partial charge in [0.25, 0.3) is 0 Å². The van der Waals surface area contributed by atoms with E-state index >= 15 is 0 Å². The van der Waals surface area contributed by atoms with Gasteiger partial charge in [0.2, 0.25) is 0 Å². The molecular weight excluding hydrogens is 324 g/mol. The van der Waals surface area contributed by atoms with Gasteiger partial charge in [0.1, 0.15) is 6.17 Å². The molecule has 1 aromatic rings. The molecule has 0 heterocycles. The Kier molecular flexibility index (Phi) is 6.12. The van der Waals surface area contributed by atoms with Crippen LogP contribution in [0.3, 0.4) is 0 Å². The maximum absolute atomic E-state index is 13.0. The van der Waals surface area contributed by atoms with Crippen LogP contribution in [0.25, 0.3) is 0 Å². The lowest BCUT2D eigenvalue weighted by Gasteiger charge is -2.06. The highest BCUT2D eigenvalue weighted by atomic mass is 79.9. The molecule has 0 saturated carbocycles. The van der Waals surface area contributed by atoms with Crippen molar-refractivity contribution in [2.75, 3.05) is 6.54 Å². The number of hydrogen-bond donors (Lipinski definition) is 1. The zero-order chi connectivity index (χ0) is 9.14. The van der Waals surface area contributed by atoms with E-state index in [2.05, 4.69) is 31.9 Å². The fourth-order valence-electron chi connectivity index (χ4n) is 0.843. The molecule has 1 nitrogen and oxygen atoms in total. The van der Waals surface area contributed by atoms with Gasteiger partial charge in [0.05, 0.1) is 0 Å². The van der Waals surface area contributed by atoms with Gasteiger partial charge in [-0.1, -0.05) is 6.07 Å². The summed E-state index contributed by atoms with van der Waals surface area (Å²) in [5.74, 6) is 0. The second-order valence-electron chi connectivity index (χ2n) is 2.38. The third kappa shape index (κ3) is 3.54. The summed E-state index contributed by atoms with van der Waals surface area (Å²) in [6.07, 6.45) is -1.07. The fourth-order valence-corrected chi connectivity index (χ4v) is 1.49. The summed E-state index contributed by atoms with van der Waals surface area (Å²) in [7, 11) is 0. The van der Waals surface area contributed by atoms with Crippen LogP contribution >= 0.6 is 44.3 Å². The molecule has 0 bridgehead atoms. The second kappa shape index (κ2) is 5.96. The van der Waals surface area contributed by atoms with E-state index in [0.29, 0.717) is 5.56 Å². The van der Waals surface area contributed by atoms with Crippen LogP contribution in [-0.4, -0.2) is 6.54 Å². The van der Waals surface area contributed by atoms with Crippen molar-refractivity contribution in [2.45, 2.75) is 6.17 Å². The van der Waals surface area contributed by atoms with Crippen LogP contribution in [0.5, 0.6) is 0 Å². The Balaban J connectivity index is 0.00000144. The lowest BCUT2D eigenvalue weighted by Crippen LogP contribution is -2.07. The van der Waals surface area contributed by atoms with Crippen LogP contribution in [0.1, 0.15) is 11.7 Å². The first-order valence-corrected chi connectivity index (χ1v) is 5.03. The van der Waals surface area contributed by atoms with Crippen molar-refractivity contribution < 1.29 is 4.39 Å². The maximum atomic E-state index is 13.0. The van der Waals surface area contributed by atoms with Gasteiger partial charge in [-0.25, -0.2) is 4.39 Å². The molecule has 5 heteroatoms. The molecule has 0 aliphatic heterocycles. The molecule has 0 radical (unpaired) electrons. The average Bonchev–Trinajstić information content (AvgIpc) is 2.08. The van der Waals surface area contributed by atoms with Crippen LogP contribution < -0.4 is 5.73 Å². The molecule has 1 aromatic carbocycles. The minimum Gasteiger partial charge on any atom is -0.327 e. The normalized spacial score (nSPS) is 12.0. The molecule has 1 unspecified atom stereocenters. The van der Waals surface area contributed by atoms with Crippen molar-refractivity contribution in [3.63, 3.8) is 0 Å². The van der Waals surface area contributed by atoms with Crippen LogP contribution in [0, 0.1) is 0 Å². The van der Waals surface area contributed by atoms with Crippen molar-refractivity contribution in [3.05, 3.63) is 32.7 Å². The SMILES string of the molecule is Cl.NCC(F)c1ccc(Br)c(Br)c1. The summed E-state index contributed by atoms with van der Waals surface area (Å²) >= 11 is 6.59. The highest BCUT2D eigenvalue weighted by Gasteiger charge is 2.08. The number of hydrogen-bond acceptors (Lipinski definition) is 1. The van der Waals surface area contributed by atoms with Gasteiger partial charge in [0, 0.05) is 15.5 Å². The number of rotatable bonds is 2. The highest BCUT2D eigenvalue weighted by molar-refractivity contribution is 9.13. The summed E-state index contributed by atoms with van der Waals surface area (Å²) in [4.78, 5) is 0. The molecule has 74 valence electrons. The Morgan fingerprint density at radius 3 is 2.38 bits per heavy atom. The maximum Gasteiger partial charge on any atom is 0.137 e. The zero-order valence-corrected chi connectivity index (χ0v) is 10.6. The van der Waals surface area contributed by atoms with E-state index in [9.17, 15) is 4.39 Å². The summed E-state index contributed by atoms with van der Waals surface area (Å²) in [5.41, 5.74) is 5.79.